The van der Waals surface area contributed by atoms with E-state index in [4.69, 9.17) is 0 Å². The largest absolute Gasteiger partial charge is 0.351 e. The van der Waals surface area contributed by atoms with Crippen molar-refractivity contribution >= 4 is 21.6 Å². The molecule has 1 aliphatic rings. The van der Waals surface area contributed by atoms with Crippen molar-refractivity contribution in [1.82, 2.24) is 5.32 Å². The summed E-state index contributed by atoms with van der Waals surface area (Å²) in [5, 5.41) is 2.88. The van der Waals surface area contributed by atoms with Gasteiger partial charge in [0.1, 0.15) is 6.54 Å². The van der Waals surface area contributed by atoms with E-state index in [0.717, 1.165) is 24.8 Å². The van der Waals surface area contributed by atoms with Gasteiger partial charge in [-0.05, 0) is 62.4 Å². The SMILES string of the molecule is Cc1cccc(N(CC(=O)NCC2=CCCCC2)S(=O)(=O)c2ccccc2)c1. The van der Waals surface area contributed by atoms with Crippen molar-refractivity contribution in [3.63, 3.8) is 0 Å². The summed E-state index contributed by atoms with van der Waals surface area (Å²) in [7, 11) is -3.85. The van der Waals surface area contributed by atoms with Crippen LogP contribution in [-0.2, 0) is 14.8 Å². The molecule has 1 aliphatic carbocycles. The third-order valence-corrected chi connectivity index (χ3v) is 6.59. The summed E-state index contributed by atoms with van der Waals surface area (Å²) in [6.07, 6.45) is 6.53. The fourth-order valence-electron chi connectivity index (χ4n) is 3.28. The van der Waals surface area contributed by atoms with Crippen molar-refractivity contribution < 1.29 is 13.2 Å². The van der Waals surface area contributed by atoms with Gasteiger partial charge >= 0.3 is 0 Å². The summed E-state index contributed by atoms with van der Waals surface area (Å²) in [5.74, 6) is -0.313. The molecule has 5 nitrogen and oxygen atoms in total. The van der Waals surface area contributed by atoms with Crippen LogP contribution in [0.4, 0.5) is 5.69 Å². The van der Waals surface area contributed by atoms with Gasteiger partial charge in [-0.25, -0.2) is 8.42 Å². The molecule has 148 valence electrons. The summed E-state index contributed by atoms with van der Waals surface area (Å²) in [5.41, 5.74) is 2.63. The summed E-state index contributed by atoms with van der Waals surface area (Å²) < 4.78 is 27.6. The molecule has 0 unspecified atom stereocenters. The maximum Gasteiger partial charge on any atom is 0.264 e. The van der Waals surface area contributed by atoms with Crippen LogP contribution >= 0.6 is 0 Å². The van der Waals surface area contributed by atoms with Crippen LogP contribution in [0.3, 0.4) is 0 Å². The lowest BCUT2D eigenvalue weighted by atomic mass is 10.00. The average molecular weight is 399 g/mol. The van der Waals surface area contributed by atoms with E-state index in [2.05, 4.69) is 11.4 Å². The Morgan fingerprint density at radius 2 is 1.86 bits per heavy atom. The number of anilines is 1. The summed E-state index contributed by atoms with van der Waals surface area (Å²) in [4.78, 5) is 12.8. The van der Waals surface area contributed by atoms with Crippen molar-refractivity contribution in [3.05, 3.63) is 71.8 Å². The molecule has 0 bridgehead atoms. The second-order valence-corrected chi connectivity index (χ2v) is 8.91. The van der Waals surface area contributed by atoms with Crippen molar-refractivity contribution in [2.45, 2.75) is 37.5 Å². The lowest BCUT2D eigenvalue weighted by Crippen LogP contribution is -2.41. The van der Waals surface area contributed by atoms with E-state index < -0.39 is 10.0 Å². The molecule has 2 aromatic rings. The number of allylic oxidation sites excluding steroid dienone is 1. The highest BCUT2D eigenvalue weighted by Crippen LogP contribution is 2.24. The van der Waals surface area contributed by atoms with Crippen LogP contribution in [0.1, 0.15) is 31.2 Å². The Morgan fingerprint density at radius 1 is 1.07 bits per heavy atom. The highest BCUT2D eigenvalue weighted by atomic mass is 32.2. The predicted molar refractivity (Wildman–Crippen MR) is 112 cm³/mol. The van der Waals surface area contributed by atoms with Crippen LogP contribution in [0, 0.1) is 6.92 Å². The number of carbonyl (C=O) groups is 1. The first-order chi connectivity index (χ1) is 13.5. The Morgan fingerprint density at radius 3 is 2.54 bits per heavy atom. The normalized spacial score (nSPS) is 14.2. The minimum Gasteiger partial charge on any atom is -0.351 e. The lowest BCUT2D eigenvalue weighted by molar-refractivity contribution is -0.119. The Kier molecular flexibility index (Phi) is 6.52. The fraction of sp³-hybridized carbons (Fsp3) is 0.318. The smallest absolute Gasteiger partial charge is 0.264 e. The van der Waals surface area contributed by atoms with Gasteiger partial charge in [0.15, 0.2) is 0 Å². The lowest BCUT2D eigenvalue weighted by Gasteiger charge is -2.24. The Hall–Kier alpha value is -2.60. The Labute approximate surface area is 167 Å². The number of carbonyl (C=O) groups excluding carboxylic acids is 1. The van der Waals surface area contributed by atoms with Gasteiger partial charge in [-0.3, -0.25) is 9.10 Å². The molecule has 0 aliphatic heterocycles. The highest BCUT2D eigenvalue weighted by molar-refractivity contribution is 7.92. The fourth-order valence-corrected chi connectivity index (χ4v) is 4.72. The van der Waals surface area contributed by atoms with Crippen molar-refractivity contribution in [2.24, 2.45) is 0 Å². The number of rotatable bonds is 7. The molecule has 1 amide bonds. The van der Waals surface area contributed by atoms with E-state index >= 15 is 0 Å². The van der Waals surface area contributed by atoms with Gasteiger partial charge in [0.2, 0.25) is 5.91 Å². The third kappa shape index (κ3) is 5.01. The Bertz CT molecular complexity index is 953. The van der Waals surface area contributed by atoms with E-state index in [-0.39, 0.29) is 17.3 Å². The van der Waals surface area contributed by atoms with E-state index in [1.54, 1.807) is 48.5 Å². The molecule has 2 aromatic carbocycles. The second kappa shape index (κ2) is 9.06. The topological polar surface area (TPSA) is 66.5 Å². The molecule has 0 saturated heterocycles. The quantitative estimate of drug-likeness (QED) is 0.721. The Balaban J connectivity index is 1.82. The molecule has 28 heavy (non-hydrogen) atoms. The molecule has 0 saturated carbocycles. The van der Waals surface area contributed by atoms with E-state index in [1.165, 1.54) is 16.3 Å². The number of nitrogens with one attached hydrogen (secondary N) is 1. The molecule has 0 atom stereocenters. The third-order valence-electron chi connectivity index (χ3n) is 4.81. The van der Waals surface area contributed by atoms with Gasteiger partial charge < -0.3 is 5.32 Å². The molecule has 6 heteroatoms. The summed E-state index contributed by atoms with van der Waals surface area (Å²) in [6.45, 7) is 2.12. The van der Waals surface area contributed by atoms with Gasteiger partial charge in [-0.2, -0.15) is 0 Å². The zero-order valence-electron chi connectivity index (χ0n) is 16.1. The molecule has 0 aromatic heterocycles. The van der Waals surface area contributed by atoms with E-state index in [1.807, 2.05) is 13.0 Å². The molecule has 1 N–H and O–H groups in total. The zero-order chi connectivity index (χ0) is 20.0. The molecular weight excluding hydrogens is 372 g/mol. The molecule has 0 heterocycles. The minimum absolute atomic E-state index is 0.166. The van der Waals surface area contributed by atoms with Crippen molar-refractivity contribution in [3.8, 4) is 0 Å². The van der Waals surface area contributed by atoms with Crippen molar-refractivity contribution in [1.29, 1.82) is 0 Å². The summed E-state index contributed by atoms with van der Waals surface area (Å²) in [6, 6.07) is 15.4. The maximum absolute atomic E-state index is 13.2. The standard InChI is InChI=1S/C22H26N2O3S/c1-18-9-8-12-20(15-18)24(28(26,27)21-13-6-3-7-14-21)17-22(25)23-16-19-10-4-2-5-11-19/h3,6-10,12-15H,2,4-5,11,16-17H2,1H3,(H,23,25). The summed E-state index contributed by atoms with van der Waals surface area (Å²) >= 11 is 0. The van der Waals surface area contributed by atoms with E-state index in [0.29, 0.717) is 12.2 Å². The number of hydrogen-bond donors (Lipinski definition) is 1. The van der Waals surface area contributed by atoms with Crippen LogP contribution in [0.2, 0.25) is 0 Å². The first kappa shape index (κ1) is 20.1. The van der Waals surface area contributed by atoms with Gasteiger partial charge in [0.05, 0.1) is 10.6 Å². The van der Waals surface area contributed by atoms with Crippen LogP contribution in [0.5, 0.6) is 0 Å². The second-order valence-electron chi connectivity index (χ2n) is 7.05. The molecular formula is C22H26N2O3S. The van der Waals surface area contributed by atoms with Crippen LogP contribution < -0.4 is 9.62 Å². The number of benzene rings is 2. The minimum atomic E-state index is -3.85. The number of nitrogens with zero attached hydrogens (tertiary/aromatic N) is 1. The van der Waals surface area contributed by atoms with Crippen LogP contribution in [0.15, 0.2) is 71.1 Å². The van der Waals surface area contributed by atoms with Gasteiger partial charge in [-0.15, -0.1) is 0 Å². The van der Waals surface area contributed by atoms with Crippen LogP contribution in [-0.4, -0.2) is 27.4 Å². The molecule has 0 spiro atoms. The zero-order valence-corrected chi connectivity index (χ0v) is 16.9. The first-order valence-electron chi connectivity index (χ1n) is 9.56. The monoisotopic (exact) mass is 398 g/mol. The number of aryl methyl sites for hydroxylation is 1. The number of hydrogen-bond acceptors (Lipinski definition) is 3. The molecule has 0 radical (unpaired) electrons. The van der Waals surface area contributed by atoms with Crippen LogP contribution in [0.25, 0.3) is 0 Å². The first-order valence-corrected chi connectivity index (χ1v) is 11.0. The van der Waals surface area contributed by atoms with Gasteiger partial charge in [0, 0.05) is 6.54 Å². The molecule has 0 fully saturated rings. The maximum atomic E-state index is 13.2. The average Bonchev–Trinajstić information content (AvgIpc) is 2.72. The number of amides is 1. The van der Waals surface area contributed by atoms with E-state index in [9.17, 15) is 13.2 Å². The van der Waals surface area contributed by atoms with Gasteiger partial charge in [-0.1, -0.05) is 42.0 Å². The van der Waals surface area contributed by atoms with Gasteiger partial charge in [0.25, 0.3) is 10.0 Å². The predicted octanol–water partition coefficient (Wildman–Crippen LogP) is 3.81. The van der Waals surface area contributed by atoms with Crippen molar-refractivity contribution in [2.75, 3.05) is 17.4 Å². The molecule has 3 rings (SSSR count). The highest BCUT2D eigenvalue weighted by Gasteiger charge is 2.27. The number of sulfonamides is 1.